The molecule has 14 heteroatoms. The third kappa shape index (κ3) is 3.95. The lowest BCUT2D eigenvalue weighted by atomic mass is 10.0. The molecule has 0 aliphatic rings. The molecule has 184 valence electrons. The van der Waals surface area contributed by atoms with Gasteiger partial charge in [-0.05, 0) is 18.2 Å². The number of hydrogen-bond donors (Lipinski definition) is 2. The van der Waals surface area contributed by atoms with Crippen molar-refractivity contribution in [3.63, 3.8) is 0 Å². The number of nitrogens with zero attached hydrogens (tertiary/aromatic N) is 7. The van der Waals surface area contributed by atoms with Gasteiger partial charge in [-0.3, -0.25) is 4.57 Å². The van der Waals surface area contributed by atoms with Crippen LogP contribution in [0.2, 0.25) is 0 Å². The summed E-state index contributed by atoms with van der Waals surface area (Å²) in [4.78, 5) is 8.44. The van der Waals surface area contributed by atoms with Crippen molar-refractivity contribution in [3.8, 4) is 22.7 Å². The number of phenols is 1. The number of benzene rings is 2. The molecular weight excluding hydrogens is 487 g/mol. The largest absolute Gasteiger partial charge is 0.503 e. The summed E-state index contributed by atoms with van der Waals surface area (Å²) >= 11 is 0. The van der Waals surface area contributed by atoms with Crippen molar-refractivity contribution < 1.29 is 27.1 Å². The van der Waals surface area contributed by atoms with Gasteiger partial charge >= 0.3 is 6.18 Å². The van der Waals surface area contributed by atoms with Gasteiger partial charge in [0.05, 0.1) is 17.5 Å². The number of anilines is 1. The molecule has 36 heavy (non-hydrogen) atoms. The first kappa shape index (κ1) is 23.1. The van der Waals surface area contributed by atoms with Crippen LogP contribution in [0.15, 0.2) is 48.9 Å². The van der Waals surface area contributed by atoms with Gasteiger partial charge in [0.2, 0.25) is 5.95 Å². The number of hydrogen-bond acceptors (Lipinski definition) is 7. The molecule has 2 aromatic carbocycles. The Labute approximate surface area is 198 Å². The number of fused-ring (bicyclic) bond motifs is 1. The Bertz CT molecular complexity index is 1580. The third-order valence-corrected chi connectivity index (χ3v) is 5.38. The van der Waals surface area contributed by atoms with Crippen LogP contribution in [0.25, 0.3) is 28.0 Å². The van der Waals surface area contributed by atoms with Gasteiger partial charge in [-0.1, -0.05) is 18.2 Å². The third-order valence-electron chi connectivity index (χ3n) is 5.38. The predicted octanol–water partition coefficient (Wildman–Crippen LogP) is 4.23. The summed E-state index contributed by atoms with van der Waals surface area (Å²) in [5.41, 5.74) is -1.86. The average molecular weight is 502 g/mol. The normalized spacial score (nSPS) is 11.8. The summed E-state index contributed by atoms with van der Waals surface area (Å²) in [6.45, 7) is 0.181. The first-order valence-electron chi connectivity index (χ1n) is 10.3. The van der Waals surface area contributed by atoms with Crippen LogP contribution in [-0.2, 0) is 19.8 Å². The Balaban J connectivity index is 1.49. The van der Waals surface area contributed by atoms with Crippen LogP contribution in [0.5, 0.6) is 5.75 Å². The summed E-state index contributed by atoms with van der Waals surface area (Å²) in [5.74, 6) is -4.74. The topological polar surface area (TPSA) is 107 Å². The molecule has 5 rings (SSSR count). The van der Waals surface area contributed by atoms with Gasteiger partial charge in [0.25, 0.3) is 0 Å². The molecule has 0 saturated carbocycles. The van der Waals surface area contributed by atoms with E-state index in [0.29, 0.717) is 5.82 Å². The van der Waals surface area contributed by atoms with E-state index < -0.39 is 34.7 Å². The number of halogens is 5. The van der Waals surface area contributed by atoms with Crippen molar-refractivity contribution in [1.82, 2.24) is 34.5 Å². The maximum atomic E-state index is 14.6. The molecule has 0 saturated heterocycles. The zero-order valence-corrected chi connectivity index (χ0v) is 18.3. The molecular formula is C22H15F5N8O. The van der Waals surface area contributed by atoms with Crippen LogP contribution < -0.4 is 5.32 Å². The van der Waals surface area contributed by atoms with Crippen molar-refractivity contribution >= 4 is 17.0 Å². The van der Waals surface area contributed by atoms with Gasteiger partial charge < -0.3 is 10.4 Å². The molecule has 0 spiro atoms. The second kappa shape index (κ2) is 8.55. The second-order valence-corrected chi connectivity index (χ2v) is 7.66. The van der Waals surface area contributed by atoms with Gasteiger partial charge in [0.1, 0.15) is 12.0 Å². The first-order chi connectivity index (χ1) is 17.1. The quantitative estimate of drug-likeness (QED) is 0.347. The van der Waals surface area contributed by atoms with Gasteiger partial charge in [-0.15, -0.1) is 10.2 Å². The van der Waals surface area contributed by atoms with E-state index in [0.717, 1.165) is 5.69 Å². The fourth-order valence-corrected chi connectivity index (χ4v) is 3.66. The minimum atomic E-state index is -5.16. The van der Waals surface area contributed by atoms with E-state index >= 15 is 0 Å². The number of nitrogens with one attached hydrogen (secondary N) is 1. The van der Waals surface area contributed by atoms with Gasteiger partial charge in [-0.25, -0.2) is 18.4 Å². The summed E-state index contributed by atoms with van der Waals surface area (Å²) < 4.78 is 71.1. The zero-order chi connectivity index (χ0) is 25.6. The molecule has 0 atom stereocenters. The smallest absolute Gasteiger partial charge is 0.419 e. The van der Waals surface area contributed by atoms with Crippen molar-refractivity contribution in [2.45, 2.75) is 12.7 Å². The number of aryl methyl sites for hydroxylation is 1. The summed E-state index contributed by atoms with van der Waals surface area (Å²) in [7, 11) is 1.45. The molecule has 0 aliphatic heterocycles. The van der Waals surface area contributed by atoms with Crippen LogP contribution in [0.3, 0.4) is 0 Å². The minimum absolute atomic E-state index is 0.0912. The SMILES string of the molecule is Cn1nc(-c2cc(C(F)(F)F)c(F)c(O)c2F)c2cnc(NCc3nncn3-c3ccccc3)nc21. The lowest BCUT2D eigenvalue weighted by Gasteiger charge is -2.12. The maximum absolute atomic E-state index is 14.6. The van der Waals surface area contributed by atoms with E-state index in [-0.39, 0.29) is 35.3 Å². The standard InChI is InChI=1S/C22H15F5N8O/c1-34-20-13(18(33-34)12-7-14(22(25,26)27)17(24)19(36)16(12)23)8-28-21(31-20)29-9-15-32-30-10-35(15)11-5-3-2-4-6-11/h2-8,10,36H,9H2,1H3,(H,28,29,31). The Kier molecular flexibility index (Phi) is 5.50. The Morgan fingerprint density at radius 3 is 2.56 bits per heavy atom. The highest BCUT2D eigenvalue weighted by atomic mass is 19.4. The zero-order valence-electron chi connectivity index (χ0n) is 18.3. The Morgan fingerprint density at radius 2 is 1.83 bits per heavy atom. The number of rotatable bonds is 5. The first-order valence-corrected chi connectivity index (χ1v) is 10.3. The van der Waals surface area contributed by atoms with Crippen molar-refractivity contribution in [3.05, 3.63) is 71.9 Å². The molecule has 0 amide bonds. The van der Waals surface area contributed by atoms with Crippen molar-refractivity contribution in [2.24, 2.45) is 7.05 Å². The van der Waals surface area contributed by atoms with E-state index in [1.165, 1.54) is 17.9 Å². The van der Waals surface area contributed by atoms with Crippen LogP contribution >= 0.6 is 0 Å². The monoisotopic (exact) mass is 502 g/mol. The molecule has 9 nitrogen and oxygen atoms in total. The maximum Gasteiger partial charge on any atom is 0.419 e. The molecule has 0 radical (unpaired) electrons. The molecule has 3 aromatic heterocycles. The minimum Gasteiger partial charge on any atom is -0.503 e. The van der Waals surface area contributed by atoms with E-state index in [1.807, 2.05) is 30.3 Å². The molecule has 0 bridgehead atoms. The molecule has 5 aromatic rings. The Hall–Kier alpha value is -4.62. The second-order valence-electron chi connectivity index (χ2n) is 7.66. The number of para-hydroxylation sites is 1. The molecule has 0 fully saturated rings. The fourth-order valence-electron chi connectivity index (χ4n) is 3.66. The Morgan fingerprint density at radius 1 is 1.08 bits per heavy atom. The van der Waals surface area contributed by atoms with Gasteiger partial charge in [0.15, 0.2) is 28.9 Å². The van der Waals surface area contributed by atoms with Crippen molar-refractivity contribution in [2.75, 3.05) is 5.32 Å². The van der Waals surface area contributed by atoms with Crippen LogP contribution in [0.4, 0.5) is 27.9 Å². The van der Waals surface area contributed by atoms with Crippen LogP contribution in [0.1, 0.15) is 11.4 Å². The lowest BCUT2D eigenvalue weighted by Crippen LogP contribution is -2.10. The number of aromatic hydroxyl groups is 1. The lowest BCUT2D eigenvalue weighted by molar-refractivity contribution is -0.140. The van der Waals surface area contributed by atoms with Gasteiger partial charge in [-0.2, -0.15) is 23.3 Å². The number of alkyl halides is 3. The average Bonchev–Trinajstić information content (AvgIpc) is 3.45. The number of phenolic OH excluding ortho intramolecular Hbond substituents is 1. The number of aromatic nitrogens is 7. The highest BCUT2D eigenvalue weighted by Crippen LogP contribution is 2.41. The molecule has 3 heterocycles. The molecule has 0 aliphatic carbocycles. The van der Waals surface area contributed by atoms with Crippen LogP contribution in [-0.4, -0.2) is 39.6 Å². The highest BCUT2D eigenvalue weighted by Gasteiger charge is 2.38. The van der Waals surface area contributed by atoms with E-state index in [4.69, 9.17) is 0 Å². The van der Waals surface area contributed by atoms with Crippen molar-refractivity contribution in [1.29, 1.82) is 0 Å². The summed E-state index contributed by atoms with van der Waals surface area (Å²) in [6.07, 6.45) is -2.38. The predicted molar refractivity (Wildman–Crippen MR) is 117 cm³/mol. The van der Waals surface area contributed by atoms with E-state index in [1.54, 1.807) is 10.9 Å². The highest BCUT2D eigenvalue weighted by molar-refractivity contribution is 5.91. The van der Waals surface area contributed by atoms with Crippen LogP contribution in [0, 0.1) is 11.6 Å². The van der Waals surface area contributed by atoms with E-state index in [2.05, 4.69) is 30.6 Å². The summed E-state index contributed by atoms with van der Waals surface area (Å²) in [6, 6.07) is 9.62. The summed E-state index contributed by atoms with van der Waals surface area (Å²) in [5, 5.41) is 24.7. The van der Waals surface area contributed by atoms with Gasteiger partial charge in [0, 0.05) is 24.5 Å². The molecule has 0 unspecified atom stereocenters. The fraction of sp³-hybridized carbons (Fsp3) is 0.136. The molecule has 2 N–H and O–H groups in total. The van der Waals surface area contributed by atoms with E-state index in [9.17, 15) is 27.1 Å².